The average Bonchev–Trinajstić information content (AvgIpc) is 2.58. The maximum Gasteiger partial charge on any atom is 0.159 e. The number of anilines is 5. The molecule has 3 rings (SSSR count). The van der Waals surface area contributed by atoms with Crippen molar-refractivity contribution in [1.29, 1.82) is 0 Å². The van der Waals surface area contributed by atoms with Crippen LogP contribution in [0.25, 0.3) is 0 Å². The van der Waals surface area contributed by atoms with E-state index in [2.05, 4.69) is 20.6 Å². The monoisotopic (exact) mass is 397 g/mol. The van der Waals surface area contributed by atoms with Gasteiger partial charge >= 0.3 is 0 Å². The highest BCUT2D eigenvalue weighted by molar-refractivity contribution is 6.42. The van der Waals surface area contributed by atoms with Crippen LogP contribution in [0.5, 0.6) is 0 Å². The van der Waals surface area contributed by atoms with Crippen molar-refractivity contribution in [2.24, 2.45) is 0 Å². The SMILES string of the molecule is Nc1c(Nc2ccc(F)c(Cl)c2)ncnc1Nc1ccc(Cl)c(Cl)c1. The zero-order chi connectivity index (χ0) is 18.0. The maximum absolute atomic E-state index is 13.2. The molecule has 0 aliphatic carbocycles. The van der Waals surface area contributed by atoms with Gasteiger partial charge < -0.3 is 16.4 Å². The normalized spacial score (nSPS) is 10.6. The number of hydrogen-bond acceptors (Lipinski definition) is 5. The summed E-state index contributed by atoms with van der Waals surface area (Å²) < 4.78 is 13.2. The van der Waals surface area contributed by atoms with Crippen molar-refractivity contribution in [3.05, 3.63) is 63.6 Å². The van der Waals surface area contributed by atoms with Crippen molar-refractivity contribution in [3.63, 3.8) is 0 Å². The van der Waals surface area contributed by atoms with E-state index >= 15 is 0 Å². The van der Waals surface area contributed by atoms with Gasteiger partial charge in [-0.2, -0.15) is 0 Å². The van der Waals surface area contributed by atoms with Gasteiger partial charge in [0.25, 0.3) is 0 Å². The van der Waals surface area contributed by atoms with Crippen molar-refractivity contribution in [2.75, 3.05) is 16.4 Å². The van der Waals surface area contributed by atoms with E-state index in [1.165, 1.54) is 24.5 Å². The second kappa shape index (κ2) is 7.31. The molecular formula is C16H11Cl3FN5. The number of aromatic nitrogens is 2. The predicted octanol–water partition coefficient (Wildman–Crippen LogP) is 5.65. The van der Waals surface area contributed by atoms with Gasteiger partial charge in [-0.1, -0.05) is 34.8 Å². The molecule has 4 N–H and O–H groups in total. The Labute approximate surface area is 157 Å². The van der Waals surface area contributed by atoms with Crippen LogP contribution in [0, 0.1) is 5.82 Å². The Kier molecular flexibility index (Phi) is 5.13. The number of hydrogen-bond donors (Lipinski definition) is 3. The first-order valence-corrected chi connectivity index (χ1v) is 8.12. The Hall–Kier alpha value is -2.28. The van der Waals surface area contributed by atoms with Crippen molar-refractivity contribution in [3.8, 4) is 0 Å². The fourth-order valence-corrected chi connectivity index (χ4v) is 2.49. The van der Waals surface area contributed by atoms with Crippen LogP contribution >= 0.6 is 34.8 Å². The lowest BCUT2D eigenvalue weighted by atomic mass is 10.3. The van der Waals surface area contributed by atoms with Gasteiger partial charge in [0, 0.05) is 11.4 Å². The van der Waals surface area contributed by atoms with Gasteiger partial charge in [0.2, 0.25) is 0 Å². The second-order valence-electron chi connectivity index (χ2n) is 4.99. The van der Waals surface area contributed by atoms with E-state index in [0.717, 1.165) is 0 Å². The lowest BCUT2D eigenvalue weighted by Crippen LogP contribution is -2.05. The van der Waals surface area contributed by atoms with Crippen LogP contribution < -0.4 is 16.4 Å². The van der Waals surface area contributed by atoms with Gasteiger partial charge in [-0.25, -0.2) is 14.4 Å². The Morgan fingerprint density at radius 2 is 1.36 bits per heavy atom. The number of nitrogens with two attached hydrogens (primary N) is 1. The summed E-state index contributed by atoms with van der Waals surface area (Å²) in [6.07, 6.45) is 1.34. The fraction of sp³-hybridized carbons (Fsp3) is 0. The van der Waals surface area contributed by atoms with Gasteiger partial charge in [-0.3, -0.25) is 0 Å². The first-order chi connectivity index (χ1) is 11.9. The van der Waals surface area contributed by atoms with E-state index in [4.69, 9.17) is 40.5 Å². The predicted molar refractivity (Wildman–Crippen MR) is 101 cm³/mol. The Balaban J connectivity index is 1.86. The van der Waals surface area contributed by atoms with Crippen LogP contribution in [0.15, 0.2) is 42.7 Å². The molecule has 0 fully saturated rings. The molecule has 0 atom stereocenters. The smallest absolute Gasteiger partial charge is 0.159 e. The minimum Gasteiger partial charge on any atom is -0.393 e. The van der Waals surface area contributed by atoms with Crippen molar-refractivity contribution in [2.45, 2.75) is 0 Å². The summed E-state index contributed by atoms with van der Waals surface area (Å²) in [4.78, 5) is 8.20. The standard InChI is InChI=1S/C16H11Cl3FN5/c17-10-3-1-8(5-11(10)18)24-15-14(21)16(23-7-22-15)25-9-2-4-13(20)12(19)6-9/h1-7H,21H2,(H2,22,23,24,25). The molecule has 0 aliphatic rings. The number of nitrogens with zero attached hydrogens (tertiary/aromatic N) is 2. The van der Waals surface area contributed by atoms with E-state index in [0.29, 0.717) is 33.1 Å². The van der Waals surface area contributed by atoms with E-state index < -0.39 is 5.82 Å². The first-order valence-electron chi connectivity index (χ1n) is 6.98. The van der Waals surface area contributed by atoms with E-state index in [1.54, 1.807) is 18.2 Å². The first kappa shape index (κ1) is 17.5. The summed E-state index contributed by atoms with van der Waals surface area (Å²) in [5, 5.41) is 6.85. The number of halogens is 4. The van der Waals surface area contributed by atoms with Crippen LogP contribution in [0.3, 0.4) is 0 Å². The topological polar surface area (TPSA) is 75.9 Å². The molecule has 0 saturated heterocycles. The van der Waals surface area contributed by atoms with Crippen molar-refractivity contribution >= 4 is 63.5 Å². The molecule has 9 heteroatoms. The summed E-state index contributed by atoms with van der Waals surface area (Å²) in [7, 11) is 0. The minimum atomic E-state index is -0.509. The lowest BCUT2D eigenvalue weighted by Gasteiger charge is -2.13. The van der Waals surface area contributed by atoms with Crippen LogP contribution in [0.1, 0.15) is 0 Å². The molecule has 3 aromatic rings. The zero-order valence-corrected chi connectivity index (χ0v) is 14.8. The second-order valence-corrected chi connectivity index (χ2v) is 6.21. The highest BCUT2D eigenvalue weighted by Gasteiger charge is 2.10. The fourth-order valence-electron chi connectivity index (χ4n) is 2.02. The average molecular weight is 399 g/mol. The van der Waals surface area contributed by atoms with Gasteiger partial charge in [0.1, 0.15) is 17.8 Å². The van der Waals surface area contributed by atoms with Gasteiger partial charge in [0.05, 0.1) is 15.1 Å². The van der Waals surface area contributed by atoms with E-state index in [1.807, 2.05) is 0 Å². The third-order valence-electron chi connectivity index (χ3n) is 3.25. The molecular weight excluding hydrogens is 388 g/mol. The molecule has 5 nitrogen and oxygen atoms in total. The maximum atomic E-state index is 13.2. The Morgan fingerprint density at radius 3 is 1.92 bits per heavy atom. The summed E-state index contributed by atoms with van der Waals surface area (Å²) in [5.74, 6) is 0.217. The molecule has 0 radical (unpaired) electrons. The van der Waals surface area contributed by atoms with Crippen molar-refractivity contribution in [1.82, 2.24) is 9.97 Å². The van der Waals surface area contributed by atoms with Gasteiger partial charge in [-0.05, 0) is 36.4 Å². The van der Waals surface area contributed by atoms with Crippen molar-refractivity contribution < 1.29 is 4.39 Å². The molecule has 0 saturated carbocycles. The molecule has 0 amide bonds. The van der Waals surface area contributed by atoms with Gasteiger partial charge in [0.15, 0.2) is 11.6 Å². The molecule has 1 heterocycles. The van der Waals surface area contributed by atoms with E-state index in [9.17, 15) is 4.39 Å². The van der Waals surface area contributed by atoms with Crippen LogP contribution in [-0.4, -0.2) is 9.97 Å². The molecule has 0 unspecified atom stereocenters. The molecule has 0 spiro atoms. The van der Waals surface area contributed by atoms with Gasteiger partial charge in [-0.15, -0.1) is 0 Å². The summed E-state index contributed by atoms with van der Waals surface area (Å²) in [5.41, 5.74) is 7.57. The van der Waals surface area contributed by atoms with E-state index in [-0.39, 0.29) is 10.7 Å². The van der Waals surface area contributed by atoms with Crippen LogP contribution in [0.2, 0.25) is 15.1 Å². The zero-order valence-electron chi connectivity index (χ0n) is 12.5. The molecule has 128 valence electrons. The quantitative estimate of drug-likeness (QED) is 0.530. The largest absolute Gasteiger partial charge is 0.393 e. The Morgan fingerprint density at radius 1 is 0.800 bits per heavy atom. The highest BCUT2D eigenvalue weighted by atomic mass is 35.5. The summed E-state index contributed by atoms with van der Waals surface area (Å²) >= 11 is 17.7. The third kappa shape index (κ3) is 4.04. The molecule has 0 aliphatic heterocycles. The molecule has 1 aromatic heterocycles. The van der Waals surface area contributed by atoms with Crippen LogP contribution in [-0.2, 0) is 0 Å². The lowest BCUT2D eigenvalue weighted by molar-refractivity contribution is 0.628. The summed E-state index contributed by atoms with van der Waals surface area (Å²) in [6.45, 7) is 0. The number of nitrogens with one attached hydrogen (secondary N) is 2. The minimum absolute atomic E-state index is 0.00761. The number of rotatable bonds is 4. The molecule has 25 heavy (non-hydrogen) atoms. The molecule has 0 bridgehead atoms. The van der Waals surface area contributed by atoms with Crippen LogP contribution in [0.4, 0.5) is 33.1 Å². The number of nitrogen functional groups attached to an aromatic ring is 1. The highest BCUT2D eigenvalue weighted by Crippen LogP contribution is 2.31. The summed E-state index contributed by atoms with van der Waals surface area (Å²) in [6, 6.07) is 9.25. The molecule has 2 aromatic carbocycles. The number of benzene rings is 2. The Bertz CT molecular complexity index is 864. The third-order valence-corrected chi connectivity index (χ3v) is 4.28.